The Kier molecular flexibility index (Phi) is 3.29. The third kappa shape index (κ3) is 2.26. The normalized spacial score (nSPS) is 23.8. The van der Waals surface area contributed by atoms with Crippen LogP contribution in [-0.4, -0.2) is 24.7 Å². The van der Waals surface area contributed by atoms with E-state index in [0.717, 1.165) is 12.3 Å². The first kappa shape index (κ1) is 12.4. The molecule has 1 atom stereocenters. The summed E-state index contributed by atoms with van der Waals surface area (Å²) >= 11 is 2.02. The third-order valence-corrected chi connectivity index (χ3v) is 5.76. The van der Waals surface area contributed by atoms with E-state index >= 15 is 0 Å². The van der Waals surface area contributed by atoms with Crippen molar-refractivity contribution in [2.45, 2.75) is 36.5 Å². The average Bonchev–Trinajstić information content (AvgIpc) is 3.10. The van der Waals surface area contributed by atoms with Gasteiger partial charge in [-0.15, -0.1) is 0 Å². The minimum Gasteiger partial charge on any atom is -0.497 e. The summed E-state index contributed by atoms with van der Waals surface area (Å²) in [6.45, 7) is 1.15. The summed E-state index contributed by atoms with van der Waals surface area (Å²) in [5.41, 5.74) is 2.94. The lowest BCUT2D eigenvalue weighted by molar-refractivity contribution is 0.413. The molecular weight excluding hydrogens is 242 g/mol. The van der Waals surface area contributed by atoms with Gasteiger partial charge in [-0.1, -0.05) is 6.07 Å². The van der Waals surface area contributed by atoms with Gasteiger partial charge < -0.3 is 10.1 Å². The molecule has 1 fully saturated rings. The van der Waals surface area contributed by atoms with Crippen molar-refractivity contribution in [3.63, 3.8) is 0 Å². The van der Waals surface area contributed by atoms with Crippen molar-refractivity contribution in [1.82, 2.24) is 5.32 Å². The molecule has 0 aliphatic heterocycles. The Morgan fingerprint density at radius 2 is 2.28 bits per heavy atom. The molecule has 0 amide bonds. The Labute approximate surface area is 113 Å². The van der Waals surface area contributed by atoms with Crippen LogP contribution in [-0.2, 0) is 6.42 Å². The van der Waals surface area contributed by atoms with Crippen LogP contribution in [0.3, 0.4) is 0 Å². The quantitative estimate of drug-likeness (QED) is 0.881. The van der Waals surface area contributed by atoms with Gasteiger partial charge in [-0.2, -0.15) is 11.8 Å². The number of rotatable bonds is 5. The number of benzene rings is 1. The van der Waals surface area contributed by atoms with Crippen LogP contribution in [0.2, 0.25) is 0 Å². The lowest BCUT2D eigenvalue weighted by atomic mass is 10.1. The lowest BCUT2D eigenvalue weighted by Gasteiger charge is -2.19. The molecule has 0 saturated heterocycles. The van der Waals surface area contributed by atoms with Gasteiger partial charge in [0.25, 0.3) is 0 Å². The number of ether oxygens (including phenoxy) is 1. The summed E-state index contributed by atoms with van der Waals surface area (Å²) in [5, 5.41) is 3.77. The van der Waals surface area contributed by atoms with Crippen LogP contribution in [0.4, 0.5) is 0 Å². The average molecular weight is 263 g/mol. The van der Waals surface area contributed by atoms with Crippen molar-refractivity contribution >= 4 is 11.8 Å². The Morgan fingerprint density at radius 3 is 2.94 bits per heavy atom. The summed E-state index contributed by atoms with van der Waals surface area (Å²) in [5.74, 6) is 0.980. The van der Waals surface area contributed by atoms with Gasteiger partial charge in [0.2, 0.25) is 0 Å². The molecule has 1 aromatic carbocycles. The third-order valence-electron chi connectivity index (χ3n) is 4.34. The van der Waals surface area contributed by atoms with Crippen molar-refractivity contribution in [3.05, 3.63) is 29.3 Å². The van der Waals surface area contributed by atoms with Gasteiger partial charge in [0.15, 0.2) is 0 Å². The molecule has 0 radical (unpaired) electrons. The van der Waals surface area contributed by atoms with E-state index in [2.05, 4.69) is 29.8 Å². The fraction of sp³-hybridized carbons (Fsp3) is 0.600. The van der Waals surface area contributed by atoms with Gasteiger partial charge in [0.05, 0.1) is 7.11 Å². The molecule has 18 heavy (non-hydrogen) atoms. The molecular formula is C15H21NOS. The molecule has 0 spiro atoms. The molecule has 0 bridgehead atoms. The largest absolute Gasteiger partial charge is 0.497 e. The predicted molar refractivity (Wildman–Crippen MR) is 77.5 cm³/mol. The maximum atomic E-state index is 5.33. The second-order valence-corrected chi connectivity index (χ2v) is 6.70. The first-order valence-electron chi connectivity index (χ1n) is 6.72. The summed E-state index contributed by atoms with van der Waals surface area (Å²) in [7, 11) is 1.74. The number of hydrogen-bond acceptors (Lipinski definition) is 3. The van der Waals surface area contributed by atoms with Crippen molar-refractivity contribution in [3.8, 4) is 5.75 Å². The van der Waals surface area contributed by atoms with Crippen LogP contribution in [0.5, 0.6) is 5.75 Å². The Balaban J connectivity index is 1.69. The monoisotopic (exact) mass is 263 g/mol. The smallest absolute Gasteiger partial charge is 0.119 e. The second kappa shape index (κ2) is 4.78. The molecule has 3 rings (SSSR count). The van der Waals surface area contributed by atoms with E-state index in [-0.39, 0.29) is 0 Å². The summed E-state index contributed by atoms with van der Waals surface area (Å²) in [4.78, 5) is 0. The summed E-state index contributed by atoms with van der Waals surface area (Å²) < 4.78 is 5.88. The Bertz CT molecular complexity index is 442. The lowest BCUT2D eigenvalue weighted by Crippen LogP contribution is -2.28. The topological polar surface area (TPSA) is 21.3 Å². The van der Waals surface area contributed by atoms with Crippen molar-refractivity contribution in [2.24, 2.45) is 0 Å². The predicted octanol–water partition coefficient (Wildman–Crippen LogP) is 3.17. The zero-order valence-electron chi connectivity index (χ0n) is 11.2. The molecule has 0 aromatic heterocycles. The van der Waals surface area contributed by atoms with Crippen LogP contribution < -0.4 is 10.1 Å². The first-order chi connectivity index (χ1) is 8.76. The highest BCUT2D eigenvalue weighted by molar-refractivity contribution is 8.00. The number of fused-ring (bicyclic) bond motifs is 1. The van der Waals surface area contributed by atoms with Crippen LogP contribution in [0.25, 0.3) is 0 Å². The molecule has 2 aliphatic carbocycles. The molecule has 2 aliphatic rings. The van der Waals surface area contributed by atoms with Gasteiger partial charge in [0.1, 0.15) is 5.75 Å². The van der Waals surface area contributed by atoms with E-state index in [4.69, 9.17) is 4.74 Å². The number of nitrogens with one attached hydrogen (secondary N) is 1. The van der Waals surface area contributed by atoms with E-state index in [1.807, 2.05) is 11.8 Å². The molecule has 2 nitrogen and oxygen atoms in total. The Hall–Kier alpha value is -0.670. The molecule has 98 valence electrons. The molecule has 1 aromatic rings. The highest BCUT2D eigenvalue weighted by atomic mass is 32.2. The Morgan fingerprint density at radius 1 is 1.44 bits per heavy atom. The summed E-state index contributed by atoms with van der Waals surface area (Å²) in [6.07, 6.45) is 7.41. The fourth-order valence-corrected chi connectivity index (χ4v) is 3.56. The molecule has 3 heteroatoms. The van der Waals surface area contributed by atoms with E-state index in [0.29, 0.717) is 10.8 Å². The number of methoxy groups -OCH3 is 1. The molecule has 0 heterocycles. The van der Waals surface area contributed by atoms with Crippen LogP contribution >= 0.6 is 11.8 Å². The van der Waals surface area contributed by atoms with E-state index in [1.165, 1.54) is 36.8 Å². The minimum atomic E-state index is 0.528. The zero-order chi connectivity index (χ0) is 12.6. The summed E-state index contributed by atoms with van der Waals surface area (Å²) in [6, 6.07) is 7.03. The van der Waals surface area contributed by atoms with Gasteiger partial charge in [-0.25, -0.2) is 0 Å². The van der Waals surface area contributed by atoms with Crippen LogP contribution in [0.15, 0.2) is 18.2 Å². The minimum absolute atomic E-state index is 0.528. The van der Waals surface area contributed by atoms with Crippen molar-refractivity contribution in [2.75, 3.05) is 19.9 Å². The van der Waals surface area contributed by atoms with Crippen LogP contribution in [0.1, 0.15) is 36.4 Å². The van der Waals surface area contributed by atoms with Crippen molar-refractivity contribution in [1.29, 1.82) is 0 Å². The SMILES string of the molecule is COc1ccc2c(c1)C(NCC1(SC)CC1)CC2. The second-order valence-electron chi connectivity index (χ2n) is 5.42. The molecule has 1 unspecified atom stereocenters. The fourth-order valence-electron chi connectivity index (χ4n) is 2.82. The highest BCUT2D eigenvalue weighted by Gasteiger charge is 2.42. The van der Waals surface area contributed by atoms with Gasteiger partial charge >= 0.3 is 0 Å². The number of aryl methyl sites for hydroxylation is 1. The maximum absolute atomic E-state index is 5.33. The molecule has 1 saturated carbocycles. The van der Waals surface area contributed by atoms with Gasteiger partial charge in [0, 0.05) is 17.3 Å². The van der Waals surface area contributed by atoms with Gasteiger partial charge in [-0.3, -0.25) is 0 Å². The number of thioether (sulfide) groups is 1. The van der Waals surface area contributed by atoms with E-state index in [1.54, 1.807) is 7.11 Å². The first-order valence-corrected chi connectivity index (χ1v) is 7.94. The van der Waals surface area contributed by atoms with E-state index < -0.39 is 0 Å². The molecule has 1 N–H and O–H groups in total. The standard InChI is InChI=1S/C15H21NOS/c1-17-12-5-3-11-4-6-14(13(11)9-12)16-10-15(18-2)7-8-15/h3,5,9,14,16H,4,6-8,10H2,1-2H3. The van der Waals surface area contributed by atoms with Crippen LogP contribution in [0, 0.1) is 0 Å². The number of hydrogen-bond donors (Lipinski definition) is 1. The van der Waals surface area contributed by atoms with Crippen molar-refractivity contribution < 1.29 is 4.74 Å². The maximum Gasteiger partial charge on any atom is 0.119 e. The highest BCUT2D eigenvalue weighted by Crippen LogP contribution is 2.47. The van der Waals surface area contributed by atoms with E-state index in [9.17, 15) is 0 Å². The zero-order valence-corrected chi connectivity index (χ0v) is 12.0. The van der Waals surface area contributed by atoms with Gasteiger partial charge in [-0.05, 0) is 55.2 Å².